The van der Waals surface area contributed by atoms with Gasteiger partial charge in [-0.3, -0.25) is 33.6 Å². The number of hydrogen-bond donors (Lipinski definition) is 14. The number of carbonyl (C=O) groups is 7. The molecule has 5 heterocycles. The van der Waals surface area contributed by atoms with Crippen molar-refractivity contribution in [2.24, 2.45) is 17.4 Å². The van der Waals surface area contributed by atoms with E-state index in [2.05, 4.69) is 78.1 Å². The lowest BCUT2D eigenvalue weighted by atomic mass is 9.89. The SMILES string of the molecule is C[C@@H](O)[C@@H]1NC(=O)C(NC(=O)c2ccc(-c3nnc(-c4ccc(N5CCC(c6ccccc6)CC5)cc4)s3)cc2)C[C@@H](O)CNC(=O)[C@@H]2[C@@H](O)[C@@H](C)CN2C(=O)[C@H]([C@H](O)CCN)NC(=O)[C@H]([C@H](O)Cc2ccc(O)c(OCCN)c2)NC(=O)[C@@H]2C[C@@H](O)CN2C1=O. The number of ether oxygens (including phenoxy) is 1. The molecular formula is C63H80N12O15S. The second-order valence-corrected chi connectivity index (χ2v) is 24.7. The summed E-state index contributed by atoms with van der Waals surface area (Å²) in [5, 5.41) is 101. The number of nitrogens with one attached hydrogen (secondary N) is 5. The summed E-state index contributed by atoms with van der Waals surface area (Å²) in [6.07, 6.45) is -9.73. The van der Waals surface area contributed by atoms with Gasteiger partial charge in [0.15, 0.2) is 11.5 Å². The summed E-state index contributed by atoms with van der Waals surface area (Å²) in [7, 11) is 0. The monoisotopic (exact) mass is 1280 g/mol. The van der Waals surface area contributed by atoms with E-state index in [1.165, 1.54) is 54.2 Å². The molecule has 0 saturated carbocycles. The first-order valence-corrected chi connectivity index (χ1v) is 31.3. The van der Waals surface area contributed by atoms with Crippen LogP contribution in [0.15, 0.2) is 97.1 Å². The number of amides is 7. The second kappa shape index (κ2) is 30.3. The molecule has 4 aromatic carbocycles. The van der Waals surface area contributed by atoms with Crippen LogP contribution in [0.1, 0.15) is 73.4 Å². The van der Waals surface area contributed by atoms with Gasteiger partial charge in [-0.2, -0.15) is 0 Å². The molecule has 1 unspecified atom stereocenters. The van der Waals surface area contributed by atoms with Crippen molar-refractivity contribution < 1.29 is 74.0 Å². The fourth-order valence-corrected chi connectivity index (χ4v) is 12.9. The number of anilines is 1. The van der Waals surface area contributed by atoms with Crippen molar-refractivity contribution in [2.45, 2.75) is 131 Å². The van der Waals surface area contributed by atoms with Gasteiger partial charge in [0.05, 0.1) is 36.6 Å². The van der Waals surface area contributed by atoms with Gasteiger partial charge >= 0.3 is 0 Å². The van der Waals surface area contributed by atoms with Crippen LogP contribution in [0.2, 0.25) is 0 Å². The van der Waals surface area contributed by atoms with Crippen LogP contribution in [0.25, 0.3) is 21.1 Å². The Kier molecular flexibility index (Phi) is 22.4. The molecule has 4 aliphatic heterocycles. The maximum atomic E-state index is 14.7. The van der Waals surface area contributed by atoms with Crippen molar-refractivity contribution in [3.8, 4) is 32.6 Å². The minimum atomic E-state index is -2.04. The van der Waals surface area contributed by atoms with Crippen LogP contribution in [-0.2, 0) is 35.2 Å². The van der Waals surface area contributed by atoms with Crippen LogP contribution in [0.4, 0.5) is 5.69 Å². The largest absolute Gasteiger partial charge is 0.504 e. The van der Waals surface area contributed by atoms with Crippen molar-refractivity contribution in [3.63, 3.8) is 0 Å². The van der Waals surface area contributed by atoms with Gasteiger partial charge in [-0.25, -0.2) is 0 Å². The van der Waals surface area contributed by atoms with E-state index in [9.17, 15) is 69.3 Å². The van der Waals surface area contributed by atoms with Gasteiger partial charge in [-0.05, 0) is 98.3 Å². The first kappa shape index (κ1) is 67.2. The van der Waals surface area contributed by atoms with Crippen LogP contribution >= 0.6 is 11.3 Å². The lowest BCUT2D eigenvalue weighted by Gasteiger charge is -2.34. The smallest absolute Gasteiger partial charge is 0.251 e. The topological polar surface area (TPSA) is 418 Å². The molecule has 28 heteroatoms. The molecule has 0 bridgehead atoms. The van der Waals surface area contributed by atoms with Gasteiger partial charge in [-0.15, -0.1) is 10.2 Å². The van der Waals surface area contributed by atoms with Crippen molar-refractivity contribution >= 4 is 58.4 Å². The number of aromatic hydroxyl groups is 1. The van der Waals surface area contributed by atoms with Crippen LogP contribution < -0.4 is 47.7 Å². The first-order valence-electron chi connectivity index (χ1n) is 30.5. The average molecular weight is 1280 g/mol. The molecule has 4 saturated heterocycles. The number of nitrogens with two attached hydrogens (primary N) is 2. The quantitative estimate of drug-likeness (QED) is 0.0540. The number of phenolic OH excluding ortho intramolecular Hbond substituents is 1. The minimum Gasteiger partial charge on any atom is -0.504 e. The molecule has 0 spiro atoms. The number of aromatic nitrogens is 2. The Hall–Kier alpha value is -8.19. The number of hydrogen-bond acceptors (Lipinski definition) is 21. The van der Waals surface area contributed by atoms with Gasteiger partial charge in [0.2, 0.25) is 35.4 Å². The summed E-state index contributed by atoms with van der Waals surface area (Å²) in [5.74, 6) is -8.10. The highest BCUT2D eigenvalue weighted by Crippen LogP contribution is 2.35. The zero-order valence-electron chi connectivity index (χ0n) is 50.4. The van der Waals surface area contributed by atoms with Crippen molar-refractivity contribution in [3.05, 3.63) is 114 Å². The maximum Gasteiger partial charge on any atom is 0.251 e. The molecule has 13 atom stereocenters. The Morgan fingerprint density at radius 3 is 2.01 bits per heavy atom. The molecular weight excluding hydrogens is 1200 g/mol. The highest BCUT2D eigenvalue weighted by atomic mass is 32.1. The molecule has 4 aliphatic rings. The van der Waals surface area contributed by atoms with Gasteiger partial charge in [0.1, 0.15) is 52.9 Å². The average Bonchev–Trinajstić information content (AvgIpc) is 1.84. The lowest BCUT2D eigenvalue weighted by Crippen LogP contribution is -2.64. The standard InChI is InChI=1S/C63H80N12O15S/c1-33-31-75-53(54(33)82)59(87)66-30-42(77)28-44(67-55(83)38-9-11-39(12-10-38)60-71-72-61(91-60)40-13-15-41(16-14-40)73-23-19-37(20-24-73)36-6-4-3-5-7-36)56(84)68-50(34(2)76)62(88)74-32-43(78)29-45(74)57(85)69-51(58(86)70-52(63(75)89)47(80)18-21-64)48(81)26-35-8-17-46(79)49(27-35)90-25-22-65/h3-17,27,33-34,37,42-45,47-48,50-54,76-82H,18-26,28-32,64-65H2,1-2H3,(H,66,87)(H,67,83)(H,68,84)(H,69,85)(H,70,86)/t33-,34+,42+,43+,44?,45-,47+,48+,50-,51-,52-,53-,54-/m0/s1. The number of piperidine rings is 1. The van der Waals surface area contributed by atoms with Gasteiger partial charge in [0, 0.05) is 86.8 Å². The minimum absolute atomic E-state index is 0.00439. The Morgan fingerprint density at radius 2 is 1.36 bits per heavy atom. The van der Waals surface area contributed by atoms with Crippen LogP contribution in [-0.4, -0.2) is 222 Å². The Labute approximate surface area is 529 Å². The van der Waals surface area contributed by atoms with Crippen LogP contribution in [0.5, 0.6) is 11.5 Å². The molecule has 488 valence electrons. The number of carbonyl (C=O) groups excluding carboxylic acids is 7. The Bertz CT molecular complexity index is 3360. The van der Waals surface area contributed by atoms with Gasteiger partial charge in [0.25, 0.3) is 5.91 Å². The summed E-state index contributed by atoms with van der Waals surface area (Å²) in [5.41, 5.74) is 15.7. The molecule has 27 nitrogen and oxygen atoms in total. The number of rotatable bonds is 16. The van der Waals surface area contributed by atoms with E-state index < -0.39 is 152 Å². The summed E-state index contributed by atoms with van der Waals surface area (Å²) >= 11 is 1.34. The highest BCUT2D eigenvalue weighted by Gasteiger charge is 2.50. The van der Waals surface area contributed by atoms with E-state index in [1.54, 1.807) is 12.1 Å². The molecule has 5 aromatic rings. The molecule has 91 heavy (non-hydrogen) atoms. The van der Waals surface area contributed by atoms with E-state index in [1.807, 2.05) is 18.2 Å². The van der Waals surface area contributed by atoms with Gasteiger partial charge < -0.3 is 93.2 Å². The van der Waals surface area contributed by atoms with E-state index in [0.717, 1.165) is 53.9 Å². The van der Waals surface area contributed by atoms with Crippen molar-refractivity contribution in [1.29, 1.82) is 0 Å². The molecule has 4 fully saturated rings. The molecule has 16 N–H and O–H groups in total. The van der Waals surface area contributed by atoms with Crippen LogP contribution in [0, 0.1) is 5.92 Å². The number of nitrogens with zero attached hydrogens (tertiary/aromatic N) is 5. The Morgan fingerprint density at radius 1 is 0.725 bits per heavy atom. The number of aliphatic hydroxyl groups excluding tert-OH is 6. The molecule has 1 aromatic heterocycles. The van der Waals surface area contributed by atoms with Crippen LogP contribution in [0.3, 0.4) is 0 Å². The van der Waals surface area contributed by atoms with E-state index in [4.69, 9.17) is 16.2 Å². The zero-order valence-corrected chi connectivity index (χ0v) is 51.2. The summed E-state index contributed by atoms with van der Waals surface area (Å²) in [6, 6.07) is 18.0. The summed E-state index contributed by atoms with van der Waals surface area (Å²) in [4.78, 5) is 106. The van der Waals surface area contributed by atoms with Gasteiger partial charge in [-0.1, -0.05) is 66.8 Å². The molecule has 9 rings (SSSR count). The van der Waals surface area contributed by atoms with E-state index in [-0.39, 0.29) is 55.3 Å². The number of fused-ring (bicyclic) bond motifs is 2. The summed E-state index contributed by atoms with van der Waals surface area (Å²) in [6.45, 7) is 2.96. The summed E-state index contributed by atoms with van der Waals surface area (Å²) < 4.78 is 5.52. The predicted octanol–water partition coefficient (Wildman–Crippen LogP) is -1.40. The molecule has 7 amide bonds. The normalized spacial score (nSPS) is 26.1. The first-order chi connectivity index (χ1) is 43.6. The third kappa shape index (κ3) is 16.1. The predicted molar refractivity (Wildman–Crippen MR) is 333 cm³/mol. The van der Waals surface area contributed by atoms with Crippen molar-refractivity contribution in [1.82, 2.24) is 46.6 Å². The lowest BCUT2D eigenvalue weighted by molar-refractivity contribution is -0.147. The third-order valence-electron chi connectivity index (χ3n) is 17.1. The maximum absolute atomic E-state index is 14.7. The number of phenols is 1. The third-order valence-corrected chi connectivity index (χ3v) is 18.1. The highest BCUT2D eigenvalue weighted by molar-refractivity contribution is 7.17. The molecule has 0 aliphatic carbocycles. The number of β-amino-alcohol motifs (C(OH)–C–C–N with tert-alkyl or cyclic N) is 1. The fraction of sp³-hybridized carbons (Fsp3) is 0.476. The Balaban J connectivity index is 0.959. The van der Waals surface area contributed by atoms with Crippen molar-refractivity contribution in [2.75, 3.05) is 57.3 Å². The number of benzene rings is 4. The second-order valence-electron chi connectivity index (χ2n) is 23.7. The zero-order chi connectivity index (χ0) is 65.2. The fourth-order valence-electron chi connectivity index (χ4n) is 12.1. The molecule has 0 radical (unpaired) electrons. The van der Waals surface area contributed by atoms with E-state index >= 15 is 0 Å². The number of aliphatic hydroxyl groups is 6. The van der Waals surface area contributed by atoms with E-state index in [0.29, 0.717) is 21.5 Å².